The quantitative estimate of drug-likeness (QED) is 0.725. The van der Waals surface area contributed by atoms with Crippen molar-refractivity contribution in [1.29, 1.82) is 0 Å². The van der Waals surface area contributed by atoms with Crippen LogP contribution in [0.1, 0.15) is 18.3 Å². The van der Waals surface area contributed by atoms with E-state index in [0.29, 0.717) is 0 Å². The van der Waals surface area contributed by atoms with Gasteiger partial charge in [0.15, 0.2) is 0 Å². The lowest BCUT2D eigenvalue weighted by Crippen LogP contribution is -2.18. The molecule has 0 aromatic carbocycles. The number of hydrogen-bond donors (Lipinski definition) is 0. The van der Waals surface area contributed by atoms with E-state index in [4.69, 9.17) is 11.6 Å². The number of halogens is 1. The van der Waals surface area contributed by atoms with Crippen LogP contribution in [0, 0.1) is 0 Å². The minimum atomic E-state index is -0.664. The molecule has 0 aliphatic heterocycles. The average molecular weight is 219 g/mol. The first kappa shape index (κ1) is 10.1. The molecule has 0 fully saturated rings. The lowest BCUT2D eigenvalue weighted by molar-refractivity contribution is 0.750. The molecule has 0 radical (unpaired) electrons. The lowest BCUT2D eigenvalue weighted by atomic mass is 10.0. The Morgan fingerprint density at radius 3 is 1.73 bits per heavy atom. The average Bonchev–Trinajstić information content (AvgIpc) is 2.31. The summed E-state index contributed by atoms with van der Waals surface area (Å²) in [6.45, 7) is 1.90. The normalized spacial score (nSPS) is 11.3. The molecule has 2 rings (SSSR count). The van der Waals surface area contributed by atoms with Crippen LogP contribution < -0.4 is 0 Å². The highest BCUT2D eigenvalue weighted by molar-refractivity contribution is 6.25. The smallest absolute Gasteiger partial charge is 0.125 e. The summed E-state index contributed by atoms with van der Waals surface area (Å²) in [6.07, 6.45) is 3.47. The van der Waals surface area contributed by atoms with E-state index in [2.05, 4.69) is 9.97 Å². The minimum absolute atomic E-state index is 0.664. The molecule has 3 heteroatoms. The van der Waals surface area contributed by atoms with Gasteiger partial charge in [0.2, 0.25) is 0 Å². The van der Waals surface area contributed by atoms with Gasteiger partial charge in [0.25, 0.3) is 0 Å². The molecule has 0 N–H and O–H groups in total. The van der Waals surface area contributed by atoms with E-state index in [-0.39, 0.29) is 0 Å². The maximum absolute atomic E-state index is 6.46. The van der Waals surface area contributed by atoms with Crippen LogP contribution in [0.25, 0.3) is 0 Å². The number of aromatic nitrogens is 2. The summed E-state index contributed by atoms with van der Waals surface area (Å²) in [4.78, 5) is 7.85. The number of pyridine rings is 2. The Bertz CT molecular complexity index is 384. The predicted molar refractivity (Wildman–Crippen MR) is 60.8 cm³/mol. The predicted octanol–water partition coefficient (Wildman–Crippen LogP) is 2.98. The maximum atomic E-state index is 6.46. The molecule has 0 spiro atoms. The molecular formula is C12H11ClN2. The van der Waals surface area contributed by atoms with Crippen LogP contribution >= 0.6 is 11.6 Å². The Labute approximate surface area is 94.0 Å². The number of rotatable bonds is 2. The van der Waals surface area contributed by atoms with Crippen LogP contribution in [0.2, 0.25) is 0 Å². The lowest BCUT2D eigenvalue weighted by Gasteiger charge is -2.20. The molecule has 0 saturated carbocycles. The van der Waals surface area contributed by atoms with E-state index < -0.39 is 4.87 Å². The number of hydrogen-bond acceptors (Lipinski definition) is 2. The highest BCUT2D eigenvalue weighted by Crippen LogP contribution is 2.32. The van der Waals surface area contributed by atoms with Gasteiger partial charge in [0, 0.05) is 12.4 Å². The largest absolute Gasteiger partial charge is 0.259 e. The van der Waals surface area contributed by atoms with Crippen molar-refractivity contribution in [1.82, 2.24) is 9.97 Å². The van der Waals surface area contributed by atoms with Crippen molar-refractivity contribution in [2.45, 2.75) is 11.8 Å². The Morgan fingerprint density at radius 1 is 0.933 bits per heavy atom. The van der Waals surface area contributed by atoms with Gasteiger partial charge in [-0.1, -0.05) is 12.1 Å². The van der Waals surface area contributed by atoms with Crippen molar-refractivity contribution < 1.29 is 0 Å². The second-order valence-corrected chi connectivity index (χ2v) is 4.19. The summed E-state index contributed by atoms with van der Waals surface area (Å²) in [5, 5.41) is 0. The monoisotopic (exact) mass is 218 g/mol. The van der Waals surface area contributed by atoms with Gasteiger partial charge in [-0.2, -0.15) is 0 Å². The van der Waals surface area contributed by atoms with Crippen LogP contribution in [-0.2, 0) is 4.87 Å². The highest BCUT2D eigenvalue weighted by atomic mass is 35.5. The van der Waals surface area contributed by atoms with Gasteiger partial charge < -0.3 is 0 Å². The fraction of sp³-hybridized carbons (Fsp3) is 0.167. The molecule has 2 aromatic heterocycles. The summed E-state index contributed by atoms with van der Waals surface area (Å²) >= 11 is 6.46. The van der Waals surface area contributed by atoms with E-state index in [1.807, 2.05) is 43.3 Å². The molecule has 2 nitrogen and oxygen atoms in total. The molecule has 0 aliphatic carbocycles. The van der Waals surface area contributed by atoms with Crippen LogP contribution in [-0.4, -0.2) is 9.97 Å². The van der Waals surface area contributed by atoms with Crippen LogP contribution in [0.15, 0.2) is 48.8 Å². The summed E-state index contributed by atoms with van der Waals surface area (Å²) in [5.74, 6) is 0. The van der Waals surface area contributed by atoms with Gasteiger partial charge in [-0.05, 0) is 31.2 Å². The molecule has 0 unspecified atom stereocenters. The minimum Gasteiger partial charge on any atom is -0.259 e. The third-order valence-electron chi connectivity index (χ3n) is 2.29. The second kappa shape index (κ2) is 3.99. The van der Waals surface area contributed by atoms with Gasteiger partial charge in [-0.3, -0.25) is 9.97 Å². The molecule has 0 bridgehead atoms. The van der Waals surface area contributed by atoms with Crippen molar-refractivity contribution in [2.75, 3.05) is 0 Å². The zero-order valence-electron chi connectivity index (χ0n) is 8.39. The third-order valence-corrected chi connectivity index (χ3v) is 2.68. The van der Waals surface area contributed by atoms with E-state index in [0.717, 1.165) is 11.4 Å². The molecule has 2 heterocycles. The van der Waals surface area contributed by atoms with Gasteiger partial charge in [0.1, 0.15) is 4.87 Å². The topological polar surface area (TPSA) is 25.8 Å². The zero-order chi connectivity index (χ0) is 10.7. The highest BCUT2D eigenvalue weighted by Gasteiger charge is 2.28. The second-order valence-electron chi connectivity index (χ2n) is 3.43. The SMILES string of the molecule is CC(Cl)(c1ccccn1)c1ccccn1. The van der Waals surface area contributed by atoms with Crippen LogP contribution in [0.5, 0.6) is 0 Å². The number of alkyl halides is 1. The van der Waals surface area contributed by atoms with Gasteiger partial charge in [-0.15, -0.1) is 11.6 Å². The molecule has 0 atom stereocenters. The van der Waals surface area contributed by atoms with E-state index in [1.54, 1.807) is 12.4 Å². The molecule has 0 amide bonds. The first-order chi connectivity index (χ1) is 7.21. The summed E-state index contributed by atoms with van der Waals surface area (Å²) in [6, 6.07) is 11.4. The van der Waals surface area contributed by atoms with Crippen molar-refractivity contribution in [3.63, 3.8) is 0 Å². The molecule has 0 aliphatic rings. The summed E-state index contributed by atoms with van der Waals surface area (Å²) < 4.78 is 0. The first-order valence-electron chi connectivity index (χ1n) is 4.73. The van der Waals surface area contributed by atoms with E-state index >= 15 is 0 Å². The van der Waals surface area contributed by atoms with Crippen molar-refractivity contribution in [3.8, 4) is 0 Å². The molecule has 2 aromatic rings. The fourth-order valence-corrected chi connectivity index (χ4v) is 1.64. The molecule has 76 valence electrons. The Kier molecular flexibility index (Phi) is 2.69. The van der Waals surface area contributed by atoms with E-state index in [9.17, 15) is 0 Å². The molecular weight excluding hydrogens is 208 g/mol. The first-order valence-corrected chi connectivity index (χ1v) is 5.11. The standard InChI is InChI=1S/C12H11ClN2/c1-12(13,10-6-2-4-8-14-10)11-7-3-5-9-15-11/h2-9H,1H3. The van der Waals surface area contributed by atoms with Gasteiger partial charge in [-0.25, -0.2) is 0 Å². The van der Waals surface area contributed by atoms with Crippen molar-refractivity contribution in [2.24, 2.45) is 0 Å². The third kappa shape index (κ3) is 2.00. The van der Waals surface area contributed by atoms with Crippen molar-refractivity contribution in [3.05, 3.63) is 60.2 Å². The summed E-state index contributed by atoms with van der Waals surface area (Å²) in [7, 11) is 0. The number of nitrogens with zero attached hydrogens (tertiary/aromatic N) is 2. The Balaban J connectivity index is 2.44. The van der Waals surface area contributed by atoms with E-state index in [1.165, 1.54) is 0 Å². The van der Waals surface area contributed by atoms with Crippen LogP contribution in [0.4, 0.5) is 0 Å². The van der Waals surface area contributed by atoms with Crippen molar-refractivity contribution >= 4 is 11.6 Å². The fourth-order valence-electron chi connectivity index (χ4n) is 1.41. The maximum Gasteiger partial charge on any atom is 0.125 e. The zero-order valence-corrected chi connectivity index (χ0v) is 9.15. The Morgan fingerprint density at radius 2 is 1.40 bits per heavy atom. The summed E-state index contributed by atoms with van der Waals surface area (Å²) in [5.41, 5.74) is 1.62. The Hall–Kier alpha value is -1.41. The molecule has 15 heavy (non-hydrogen) atoms. The molecule has 0 saturated heterocycles. The van der Waals surface area contributed by atoms with Gasteiger partial charge >= 0.3 is 0 Å². The van der Waals surface area contributed by atoms with Gasteiger partial charge in [0.05, 0.1) is 11.4 Å². The van der Waals surface area contributed by atoms with Crippen LogP contribution in [0.3, 0.4) is 0 Å².